The molecule has 7 nitrogen and oxygen atoms in total. The van der Waals surface area contributed by atoms with Crippen LogP contribution in [0.3, 0.4) is 0 Å². The van der Waals surface area contributed by atoms with Crippen LogP contribution < -0.4 is 10.0 Å². The first-order chi connectivity index (χ1) is 12.5. The van der Waals surface area contributed by atoms with Crippen LogP contribution in [-0.4, -0.2) is 31.1 Å². The zero-order chi connectivity index (χ0) is 18.6. The molecule has 1 heterocycles. The smallest absolute Gasteiger partial charge is 0.270 e. The average molecular weight is 393 g/mol. The Morgan fingerprint density at radius 1 is 1.23 bits per heavy atom. The maximum atomic E-state index is 12.4. The van der Waals surface area contributed by atoms with Crippen molar-refractivity contribution in [1.29, 1.82) is 0 Å². The minimum atomic E-state index is -3.74. The Labute approximate surface area is 156 Å². The van der Waals surface area contributed by atoms with E-state index in [-0.39, 0.29) is 21.9 Å². The number of sulfonamides is 1. The van der Waals surface area contributed by atoms with Gasteiger partial charge in [0, 0.05) is 12.1 Å². The Balaban J connectivity index is 1.65. The third kappa shape index (κ3) is 4.54. The fourth-order valence-electron chi connectivity index (χ4n) is 2.68. The number of aromatic nitrogens is 2. The normalized spacial score (nSPS) is 14.7. The van der Waals surface area contributed by atoms with Gasteiger partial charge < -0.3 is 0 Å². The van der Waals surface area contributed by atoms with E-state index in [9.17, 15) is 13.2 Å². The molecular weight excluding hydrogens is 372 g/mol. The molecule has 0 atom stereocenters. The largest absolute Gasteiger partial charge is 0.296 e. The molecule has 1 aliphatic rings. The van der Waals surface area contributed by atoms with Gasteiger partial charge in [-0.05, 0) is 44.2 Å². The molecule has 0 bridgehead atoms. The van der Waals surface area contributed by atoms with E-state index in [0.29, 0.717) is 5.56 Å². The minimum absolute atomic E-state index is 0.149. The Hall–Kier alpha value is -2.10. The summed E-state index contributed by atoms with van der Waals surface area (Å²) in [7, 11) is -3.74. The molecule has 1 aromatic carbocycles. The lowest BCUT2D eigenvalue weighted by molar-refractivity contribution is 0.102. The molecule has 9 heteroatoms. The third-order valence-electron chi connectivity index (χ3n) is 4.12. The standard InChI is InChI=1S/C17H20N4O3S2/c1-12-7-5-6-10-14(12)15(22)19-16-20-21-17(25-16)26(23,24)18-11-13-8-3-2-4-9-13/h5-8,10,18H,2-4,9,11H2,1H3,(H,19,20,22). The Morgan fingerprint density at radius 2 is 2.04 bits per heavy atom. The van der Waals surface area contributed by atoms with Gasteiger partial charge in [-0.3, -0.25) is 10.1 Å². The van der Waals surface area contributed by atoms with Crippen molar-refractivity contribution in [1.82, 2.24) is 14.9 Å². The topological polar surface area (TPSA) is 101 Å². The quantitative estimate of drug-likeness (QED) is 0.581. The number of nitrogens with one attached hydrogen (secondary N) is 2. The summed E-state index contributed by atoms with van der Waals surface area (Å²) in [6.07, 6.45) is 6.22. The lowest BCUT2D eigenvalue weighted by Gasteiger charge is -2.12. The van der Waals surface area contributed by atoms with Gasteiger partial charge in [-0.15, -0.1) is 10.2 Å². The fourth-order valence-corrected chi connectivity index (χ4v) is 4.65. The molecule has 0 aliphatic heterocycles. The van der Waals surface area contributed by atoms with E-state index in [1.165, 1.54) is 0 Å². The highest BCUT2D eigenvalue weighted by atomic mass is 32.2. The summed E-state index contributed by atoms with van der Waals surface area (Å²) in [4.78, 5) is 12.3. The summed E-state index contributed by atoms with van der Waals surface area (Å²) >= 11 is 0.831. The molecule has 0 saturated carbocycles. The Kier molecular flexibility index (Phi) is 5.80. The number of nitrogens with zero attached hydrogens (tertiary/aromatic N) is 2. The molecule has 1 aromatic heterocycles. The summed E-state index contributed by atoms with van der Waals surface area (Å²) in [6.45, 7) is 2.11. The molecule has 1 aliphatic carbocycles. The molecule has 26 heavy (non-hydrogen) atoms. The van der Waals surface area contributed by atoms with Crippen LogP contribution in [-0.2, 0) is 10.0 Å². The van der Waals surface area contributed by atoms with Gasteiger partial charge in [0.15, 0.2) is 0 Å². The van der Waals surface area contributed by atoms with Crippen LogP contribution in [0.15, 0.2) is 40.3 Å². The molecule has 0 spiro atoms. The molecule has 3 rings (SSSR count). The number of benzene rings is 1. The van der Waals surface area contributed by atoms with Crippen molar-refractivity contribution < 1.29 is 13.2 Å². The van der Waals surface area contributed by atoms with Crippen molar-refractivity contribution in [2.75, 3.05) is 11.9 Å². The molecule has 2 aromatic rings. The van der Waals surface area contributed by atoms with E-state index >= 15 is 0 Å². The number of amides is 1. The van der Waals surface area contributed by atoms with E-state index < -0.39 is 10.0 Å². The third-order valence-corrected chi connectivity index (χ3v) is 6.73. The molecule has 138 valence electrons. The van der Waals surface area contributed by atoms with Crippen molar-refractivity contribution >= 4 is 32.4 Å². The number of carbonyl (C=O) groups excluding carboxylic acids is 1. The SMILES string of the molecule is Cc1ccccc1C(=O)Nc1nnc(S(=O)(=O)NCC2=CCCCC2)s1. The molecule has 0 fully saturated rings. The number of hydrogen-bond acceptors (Lipinski definition) is 6. The number of anilines is 1. The van der Waals surface area contributed by atoms with Gasteiger partial charge in [0.25, 0.3) is 15.9 Å². The molecular formula is C17H20N4O3S2. The van der Waals surface area contributed by atoms with E-state index in [2.05, 4.69) is 26.3 Å². The molecule has 0 radical (unpaired) electrons. The minimum Gasteiger partial charge on any atom is -0.296 e. The number of hydrogen-bond donors (Lipinski definition) is 2. The zero-order valence-corrected chi connectivity index (χ0v) is 16.0. The van der Waals surface area contributed by atoms with Crippen LogP contribution in [0.1, 0.15) is 41.6 Å². The number of rotatable bonds is 6. The molecule has 1 amide bonds. The van der Waals surface area contributed by atoms with Gasteiger partial charge in [-0.1, -0.05) is 41.2 Å². The lowest BCUT2D eigenvalue weighted by Crippen LogP contribution is -2.26. The second-order valence-corrected chi connectivity index (χ2v) is 8.99. The summed E-state index contributed by atoms with van der Waals surface area (Å²) in [6, 6.07) is 7.13. The second kappa shape index (κ2) is 8.07. The van der Waals surface area contributed by atoms with Crippen LogP contribution in [0, 0.1) is 6.92 Å². The van der Waals surface area contributed by atoms with Gasteiger partial charge in [0.1, 0.15) is 0 Å². The van der Waals surface area contributed by atoms with Crippen LogP contribution >= 0.6 is 11.3 Å². The van der Waals surface area contributed by atoms with Crippen molar-refractivity contribution in [2.45, 2.75) is 36.9 Å². The van der Waals surface area contributed by atoms with Gasteiger partial charge >= 0.3 is 0 Å². The lowest BCUT2D eigenvalue weighted by atomic mass is 10.0. The predicted molar refractivity (Wildman–Crippen MR) is 101 cm³/mol. The fraction of sp³-hybridized carbons (Fsp3) is 0.353. The number of aryl methyl sites for hydroxylation is 1. The van der Waals surface area contributed by atoms with Crippen LogP contribution in [0.25, 0.3) is 0 Å². The summed E-state index contributed by atoms with van der Waals surface area (Å²) in [5, 5.41) is 10.2. The monoisotopic (exact) mass is 392 g/mol. The highest BCUT2D eigenvalue weighted by molar-refractivity contribution is 7.91. The van der Waals surface area contributed by atoms with Gasteiger partial charge in [-0.2, -0.15) is 0 Å². The van der Waals surface area contributed by atoms with Crippen LogP contribution in [0.2, 0.25) is 0 Å². The maximum Gasteiger partial charge on any atom is 0.270 e. The van der Waals surface area contributed by atoms with E-state index in [0.717, 1.165) is 48.2 Å². The highest BCUT2D eigenvalue weighted by Gasteiger charge is 2.21. The summed E-state index contributed by atoms with van der Waals surface area (Å²) < 4.78 is 27.1. The van der Waals surface area contributed by atoms with E-state index in [1.54, 1.807) is 12.1 Å². The van der Waals surface area contributed by atoms with Crippen LogP contribution in [0.4, 0.5) is 5.13 Å². The first-order valence-electron chi connectivity index (χ1n) is 8.34. The highest BCUT2D eigenvalue weighted by Crippen LogP contribution is 2.22. The second-order valence-electron chi connectivity index (χ2n) is 6.07. The summed E-state index contributed by atoms with van der Waals surface area (Å²) in [5.41, 5.74) is 2.43. The zero-order valence-electron chi connectivity index (χ0n) is 14.4. The van der Waals surface area contributed by atoms with Crippen molar-refractivity contribution in [3.63, 3.8) is 0 Å². The predicted octanol–water partition coefficient (Wildman–Crippen LogP) is 2.88. The van der Waals surface area contributed by atoms with Crippen molar-refractivity contribution in [3.05, 3.63) is 47.0 Å². The first-order valence-corrected chi connectivity index (χ1v) is 10.6. The summed E-state index contributed by atoms with van der Waals surface area (Å²) in [5.74, 6) is -0.344. The maximum absolute atomic E-state index is 12.4. The van der Waals surface area contributed by atoms with Crippen molar-refractivity contribution in [3.8, 4) is 0 Å². The van der Waals surface area contributed by atoms with Crippen molar-refractivity contribution in [2.24, 2.45) is 0 Å². The number of allylic oxidation sites excluding steroid dienone is 1. The first kappa shape index (κ1) is 18.7. The van der Waals surface area contributed by atoms with Gasteiger partial charge in [0.05, 0.1) is 0 Å². The number of carbonyl (C=O) groups is 1. The van der Waals surface area contributed by atoms with Gasteiger partial charge in [-0.25, -0.2) is 13.1 Å². The Bertz CT molecular complexity index is 935. The molecule has 2 N–H and O–H groups in total. The average Bonchev–Trinajstić information content (AvgIpc) is 3.11. The Morgan fingerprint density at radius 3 is 2.77 bits per heavy atom. The molecule has 0 unspecified atom stereocenters. The van der Waals surface area contributed by atoms with Gasteiger partial charge in [0.2, 0.25) is 9.47 Å². The van der Waals surface area contributed by atoms with Crippen LogP contribution in [0.5, 0.6) is 0 Å². The van der Waals surface area contributed by atoms with E-state index in [4.69, 9.17) is 0 Å². The molecule has 0 saturated heterocycles. The van der Waals surface area contributed by atoms with E-state index in [1.807, 2.05) is 19.1 Å².